The summed E-state index contributed by atoms with van der Waals surface area (Å²) in [7, 11) is 2.86. The molecule has 2 heterocycles. The van der Waals surface area contributed by atoms with Crippen molar-refractivity contribution in [3.8, 4) is 34.8 Å². The summed E-state index contributed by atoms with van der Waals surface area (Å²) < 4.78 is 20.9. The zero-order chi connectivity index (χ0) is 17.8. The Balaban J connectivity index is 2.09. The number of oxazole rings is 1. The van der Waals surface area contributed by atoms with Crippen LogP contribution in [0.2, 0.25) is 0 Å². The quantitative estimate of drug-likeness (QED) is 0.490. The predicted octanol–water partition coefficient (Wildman–Crippen LogP) is 2.85. The van der Waals surface area contributed by atoms with E-state index in [1.165, 1.54) is 51.1 Å². The average molecular weight is 344 g/mol. The van der Waals surface area contributed by atoms with Crippen LogP contribution < -0.4 is 14.2 Å². The van der Waals surface area contributed by atoms with Crippen molar-refractivity contribution in [2.75, 3.05) is 14.2 Å². The van der Waals surface area contributed by atoms with Crippen LogP contribution >= 0.6 is 0 Å². The molecule has 1 aromatic carbocycles. The normalized spacial score (nSPS) is 10.3. The summed E-state index contributed by atoms with van der Waals surface area (Å²) >= 11 is 0. The van der Waals surface area contributed by atoms with Crippen LogP contribution in [-0.4, -0.2) is 34.1 Å². The lowest BCUT2D eigenvalue weighted by Gasteiger charge is -2.10. The Morgan fingerprint density at radius 1 is 1.16 bits per heavy atom. The maximum atomic E-state index is 11.3. The smallest absolute Gasteiger partial charge is 0.328 e. The van der Waals surface area contributed by atoms with Crippen molar-refractivity contribution in [1.82, 2.24) is 15.0 Å². The molecule has 0 unspecified atom stereocenters. The number of hydrogen-bond donors (Lipinski definition) is 0. The van der Waals surface area contributed by atoms with E-state index in [1.54, 1.807) is 0 Å². The third-order valence-electron chi connectivity index (χ3n) is 3.16. The van der Waals surface area contributed by atoms with Crippen molar-refractivity contribution in [3.63, 3.8) is 0 Å². The molecule has 0 spiro atoms. The maximum absolute atomic E-state index is 11.3. The number of aromatic nitrogens is 3. The van der Waals surface area contributed by atoms with Crippen LogP contribution in [0.5, 0.6) is 23.5 Å². The van der Waals surface area contributed by atoms with E-state index in [2.05, 4.69) is 15.0 Å². The zero-order valence-corrected chi connectivity index (χ0v) is 13.2. The first kappa shape index (κ1) is 16.2. The fourth-order valence-electron chi connectivity index (χ4n) is 2.08. The maximum Gasteiger partial charge on any atom is 0.328 e. The first-order chi connectivity index (χ1) is 12.1. The standard InChI is InChI=1S/C15H12N4O6/c1-22-12-6-13(23-2)18-15(17-12)25-10-5-3-4-9(19(20)21)14(10)11-7-16-8-24-11/h3-8H,1-2H3. The van der Waals surface area contributed by atoms with Gasteiger partial charge in [0.05, 0.1) is 31.4 Å². The highest BCUT2D eigenvalue weighted by Crippen LogP contribution is 2.39. The molecule has 2 aromatic heterocycles. The minimum atomic E-state index is -0.544. The first-order valence-electron chi connectivity index (χ1n) is 6.93. The van der Waals surface area contributed by atoms with E-state index >= 15 is 0 Å². The summed E-state index contributed by atoms with van der Waals surface area (Å²) in [6.45, 7) is 0. The highest BCUT2D eigenvalue weighted by atomic mass is 16.6. The van der Waals surface area contributed by atoms with Crippen molar-refractivity contribution in [3.05, 3.63) is 47.0 Å². The van der Waals surface area contributed by atoms with Gasteiger partial charge in [-0.05, 0) is 6.07 Å². The van der Waals surface area contributed by atoms with Crippen LogP contribution in [0.1, 0.15) is 0 Å². The van der Waals surface area contributed by atoms with Gasteiger partial charge in [0.2, 0.25) is 11.8 Å². The highest BCUT2D eigenvalue weighted by molar-refractivity contribution is 5.76. The van der Waals surface area contributed by atoms with Gasteiger partial charge in [0.15, 0.2) is 12.2 Å². The van der Waals surface area contributed by atoms with Crippen LogP contribution in [0.3, 0.4) is 0 Å². The van der Waals surface area contributed by atoms with Crippen LogP contribution in [-0.2, 0) is 0 Å². The van der Waals surface area contributed by atoms with Crippen LogP contribution in [0.25, 0.3) is 11.3 Å². The molecule has 0 bridgehead atoms. The average Bonchev–Trinajstić information content (AvgIpc) is 3.15. The van der Waals surface area contributed by atoms with Gasteiger partial charge < -0.3 is 18.6 Å². The predicted molar refractivity (Wildman–Crippen MR) is 83.8 cm³/mol. The van der Waals surface area contributed by atoms with Crippen molar-refractivity contribution in [2.45, 2.75) is 0 Å². The van der Waals surface area contributed by atoms with Crippen LogP contribution in [0.4, 0.5) is 5.69 Å². The molecule has 0 N–H and O–H groups in total. The molecule has 10 heteroatoms. The van der Waals surface area contributed by atoms with Gasteiger partial charge >= 0.3 is 6.01 Å². The number of benzene rings is 1. The molecular formula is C15H12N4O6. The molecule has 0 saturated heterocycles. The van der Waals surface area contributed by atoms with Gasteiger partial charge in [-0.15, -0.1) is 0 Å². The minimum absolute atomic E-state index is 0.0996. The molecule has 0 saturated carbocycles. The van der Waals surface area contributed by atoms with Crippen LogP contribution in [0, 0.1) is 10.1 Å². The molecule has 0 atom stereocenters. The molecule has 3 aromatic rings. The van der Waals surface area contributed by atoms with E-state index in [-0.39, 0.29) is 40.5 Å². The lowest BCUT2D eigenvalue weighted by atomic mass is 10.1. The lowest BCUT2D eigenvalue weighted by molar-refractivity contribution is -0.384. The number of ether oxygens (including phenoxy) is 3. The molecule has 25 heavy (non-hydrogen) atoms. The largest absolute Gasteiger partial charge is 0.481 e. The van der Waals surface area contributed by atoms with Crippen molar-refractivity contribution in [1.29, 1.82) is 0 Å². The second-order valence-electron chi connectivity index (χ2n) is 4.61. The Bertz CT molecular complexity index is 875. The Labute approximate surface area is 141 Å². The topological polar surface area (TPSA) is 123 Å². The summed E-state index contributed by atoms with van der Waals surface area (Å²) in [5.41, 5.74) is -0.0838. The molecule has 0 radical (unpaired) electrons. The van der Waals surface area contributed by atoms with E-state index < -0.39 is 4.92 Å². The van der Waals surface area contributed by atoms with Crippen molar-refractivity contribution >= 4 is 5.69 Å². The minimum Gasteiger partial charge on any atom is -0.481 e. The molecule has 0 amide bonds. The number of nitro groups is 1. The zero-order valence-electron chi connectivity index (χ0n) is 13.2. The van der Waals surface area contributed by atoms with E-state index in [4.69, 9.17) is 18.6 Å². The van der Waals surface area contributed by atoms with Gasteiger partial charge in [-0.1, -0.05) is 6.07 Å². The summed E-state index contributed by atoms with van der Waals surface area (Å²) in [6.07, 6.45) is 2.52. The highest BCUT2D eigenvalue weighted by Gasteiger charge is 2.24. The molecule has 128 valence electrons. The molecule has 0 aliphatic rings. The second-order valence-corrected chi connectivity index (χ2v) is 4.61. The number of methoxy groups -OCH3 is 2. The third kappa shape index (κ3) is 3.32. The molecule has 0 aliphatic carbocycles. The lowest BCUT2D eigenvalue weighted by Crippen LogP contribution is -2.00. The van der Waals surface area contributed by atoms with E-state index in [0.29, 0.717) is 0 Å². The summed E-state index contributed by atoms with van der Waals surface area (Å²) in [6, 6.07) is 5.71. The third-order valence-corrected chi connectivity index (χ3v) is 3.16. The van der Waals surface area contributed by atoms with E-state index in [0.717, 1.165) is 0 Å². The van der Waals surface area contributed by atoms with Gasteiger partial charge in [-0.3, -0.25) is 10.1 Å². The Morgan fingerprint density at radius 2 is 1.88 bits per heavy atom. The summed E-state index contributed by atoms with van der Waals surface area (Å²) in [5, 5.41) is 11.3. The SMILES string of the molecule is COc1cc(OC)nc(Oc2cccc([N+](=O)[O-])c2-c2cnco2)n1. The number of nitrogens with zero attached hydrogens (tertiary/aromatic N) is 4. The molecule has 0 fully saturated rings. The van der Waals surface area contributed by atoms with E-state index in [1.807, 2.05) is 0 Å². The molecule has 3 rings (SSSR count). The van der Waals surface area contributed by atoms with Gasteiger partial charge in [-0.2, -0.15) is 9.97 Å². The molecular weight excluding hydrogens is 332 g/mol. The Hall–Kier alpha value is -3.69. The number of rotatable bonds is 6. The van der Waals surface area contributed by atoms with Gasteiger partial charge in [0.25, 0.3) is 5.69 Å². The fourth-order valence-corrected chi connectivity index (χ4v) is 2.08. The first-order valence-corrected chi connectivity index (χ1v) is 6.93. The number of nitro benzene ring substituents is 1. The van der Waals surface area contributed by atoms with Crippen LogP contribution in [0.15, 0.2) is 41.3 Å². The Morgan fingerprint density at radius 3 is 2.44 bits per heavy atom. The van der Waals surface area contributed by atoms with Crippen molar-refractivity contribution in [2.24, 2.45) is 0 Å². The Kier molecular flexibility index (Phi) is 4.42. The monoisotopic (exact) mass is 344 g/mol. The van der Waals surface area contributed by atoms with Gasteiger partial charge in [0, 0.05) is 6.07 Å². The van der Waals surface area contributed by atoms with Gasteiger partial charge in [0.1, 0.15) is 11.3 Å². The van der Waals surface area contributed by atoms with Crippen molar-refractivity contribution < 1.29 is 23.6 Å². The van der Waals surface area contributed by atoms with Gasteiger partial charge in [-0.25, -0.2) is 4.98 Å². The molecule has 0 aliphatic heterocycles. The summed E-state index contributed by atoms with van der Waals surface area (Å²) in [5.74, 6) is 0.736. The second kappa shape index (κ2) is 6.83. The summed E-state index contributed by atoms with van der Waals surface area (Å²) in [4.78, 5) is 22.7. The van der Waals surface area contributed by atoms with E-state index in [9.17, 15) is 10.1 Å². The fraction of sp³-hybridized carbons (Fsp3) is 0.133. The number of hydrogen-bond acceptors (Lipinski definition) is 9. The molecule has 10 nitrogen and oxygen atoms in total.